The van der Waals surface area contributed by atoms with Crippen LogP contribution in [0.2, 0.25) is 0 Å². The average molecular weight is 304 g/mol. The Balaban J connectivity index is 2.16. The van der Waals surface area contributed by atoms with Crippen LogP contribution in [0.3, 0.4) is 0 Å². The van der Waals surface area contributed by atoms with Crippen LogP contribution in [0.1, 0.15) is 84.6 Å². The SMILES string of the molecule is CCCCCCCC1(C)Oc2ccc(O)cc2C(C)C1(C)C. The molecule has 0 aliphatic carbocycles. The zero-order valence-electron chi connectivity index (χ0n) is 14.9. The third kappa shape index (κ3) is 3.11. The first-order chi connectivity index (χ1) is 10.3. The van der Waals surface area contributed by atoms with Crippen LogP contribution in [-0.2, 0) is 0 Å². The summed E-state index contributed by atoms with van der Waals surface area (Å²) >= 11 is 0. The Labute approximate surface area is 135 Å². The van der Waals surface area contributed by atoms with E-state index in [0.717, 1.165) is 17.7 Å². The minimum absolute atomic E-state index is 0.0402. The Morgan fingerprint density at radius 2 is 1.77 bits per heavy atom. The molecule has 0 amide bonds. The summed E-state index contributed by atoms with van der Waals surface area (Å²) in [7, 11) is 0. The molecule has 2 unspecified atom stereocenters. The number of aromatic hydroxyl groups is 1. The first-order valence-corrected chi connectivity index (χ1v) is 8.84. The van der Waals surface area contributed by atoms with Gasteiger partial charge in [0.15, 0.2) is 0 Å². The Bertz CT molecular complexity index is 506. The Morgan fingerprint density at radius 1 is 1.09 bits per heavy atom. The van der Waals surface area contributed by atoms with Gasteiger partial charge >= 0.3 is 0 Å². The summed E-state index contributed by atoms with van der Waals surface area (Å²) in [6.07, 6.45) is 7.55. The first kappa shape index (κ1) is 17.2. The lowest BCUT2D eigenvalue weighted by Gasteiger charge is -2.52. The van der Waals surface area contributed by atoms with Crippen LogP contribution in [-0.4, -0.2) is 10.7 Å². The van der Waals surface area contributed by atoms with Gasteiger partial charge in [-0.05, 0) is 43.9 Å². The van der Waals surface area contributed by atoms with Gasteiger partial charge in [0.2, 0.25) is 0 Å². The van der Waals surface area contributed by atoms with Crippen molar-refractivity contribution in [2.45, 2.75) is 84.7 Å². The number of fused-ring (bicyclic) bond motifs is 1. The molecule has 2 rings (SSSR count). The van der Waals surface area contributed by atoms with E-state index in [4.69, 9.17) is 4.74 Å². The molecule has 22 heavy (non-hydrogen) atoms. The lowest BCUT2D eigenvalue weighted by molar-refractivity contribution is -0.0657. The molecule has 2 atom stereocenters. The van der Waals surface area contributed by atoms with Crippen molar-refractivity contribution in [1.82, 2.24) is 0 Å². The summed E-state index contributed by atoms with van der Waals surface area (Å²) in [4.78, 5) is 0. The molecular weight excluding hydrogens is 272 g/mol. The van der Waals surface area contributed by atoms with E-state index >= 15 is 0 Å². The normalized spacial score (nSPS) is 26.3. The smallest absolute Gasteiger partial charge is 0.123 e. The number of rotatable bonds is 6. The molecule has 1 heterocycles. The van der Waals surface area contributed by atoms with Crippen molar-refractivity contribution in [2.24, 2.45) is 5.41 Å². The molecule has 2 nitrogen and oxygen atoms in total. The molecule has 1 aromatic rings. The molecule has 1 N–H and O–H groups in total. The lowest BCUT2D eigenvalue weighted by Crippen LogP contribution is -2.52. The van der Waals surface area contributed by atoms with Crippen molar-refractivity contribution >= 4 is 0 Å². The van der Waals surface area contributed by atoms with Crippen LogP contribution < -0.4 is 4.74 Å². The highest BCUT2D eigenvalue weighted by molar-refractivity contribution is 5.45. The van der Waals surface area contributed by atoms with Gasteiger partial charge in [-0.2, -0.15) is 0 Å². The standard InChI is InChI=1S/C20H32O2/c1-6-7-8-9-10-13-20(5)19(3,4)15(2)17-14-16(21)11-12-18(17)22-20/h11-12,14-15,21H,6-10,13H2,1-5H3. The maximum absolute atomic E-state index is 9.77. The van der Waals surface area contributed by atoms with Crippen LogP contribution in [0.4, 0.5) is 0 Å². The van der Waals surface area contributed by atoms with Crippen LogP contribution in [0.15, 0.2) is 18.2 Å². The van der Waals surface area contributed by atoms with Gasteiger partial charge in [0.1, 0.15) is 17.1 Å². The van der Waals surface area contributed by atoms with Gasteiger partial charge < -0.3 is 9.84 Å². The number of unbranched alkanes of at least 4 members (excludes halogenated alkanes) is 4. The monoisotopic (exact) mass is 304 g/mol. The van der Waals surface area contributed by atoms with E-state index in [-0.39, 0.29) is 11.0 Å². The highest BCUT2D eigenvalue weighted by Crippen LogP contribution is 2.54. The van der Waals surface area contributed by atoms with Gasteiger partial charge in [-0.25, -0.2) is 0 Å². The minimum atomic E-state index is -0.150. The Morgan fingerprint density at radius 3 is 2.45 bits per heavy atom. The molecule has 0 spiro atoms. The van der Waals surface area contributed by atoms with E-state index < -0.39 is 0 Å². The Kier molecular flexibility index (Phi) is 5.09. The molecule has 2 heteroatoms. The highest BCUT2D eigenvalue weighted by atomic mass is 16.5. The van der Waals surface area contributed by atoms with Crippen molar-refractivity contribution in [3.63, 3.8) is 0 Å². The van der Waals surface area contributed by atoms with Crippen LogP contribution >= 0.6 is 0 Å². The van der Waals surface area contributed by atoms with Gasteiger partial charge in [-0.1, -0.05) is 53.4 Å². The summed E-state index contributed by atoms with van der Waals surface area (Å²) in [5.41, 5.74) is 1.02. The topological polar surface area (TPSA) is 29.5 Å². The fourth-order valence-electron chi connectivity index (χ4n) is 3.63. The van der Waals surface area contributed by atoms with Gasteiger partial charge in [-0.3, -0.25) is 0 Å². The highest BCUT2D eigenvalue weighted by Gasteiger charge is 2.50. The maximum Gasteiger partial charge on any atom is 0.123 e. The largest absolute Gasteiger partial charge is 0.508 e. The molecule has 0 bridgehead atoms. The maximum atomic E-state index is 9.77. The molecule has 0 saturated heterocycles. The van der Waals surface area contributed by atoms with Crippen LogP contribution in [0, 0.1) is 5.41 Å². The molecular formula is C20H32O2. The van der Waals surface area contributed by atoms with Gasteiger partial charge in [0, 0.05) is 11.0 Å². The lowest BCUT2D eigenvalue weighted by atomic mass is 9.62. The second kappa shape index (κ2) is 6.52. The zero-order valence-corrected chi connectivity index (χ0v) is 14.9. The first-order valence-electron chi connectivity index (χ1n) is 8.84. The molecule has 124 valence electrons. The van der Waals surface area contributed by atoms with E-state index in [1.54, 1.807) is 6.07 Å². The van der Waals surface area contributed by atoms with E-state index in [1.165, 1.54) is 32.1 Å². The average Bonchev–Trinajstić information content (AvgIpc) is 2.47. The number of ether oxygens (including phenoxy) is 1. The number of phenolic OH excluding ortho intramolecular Hbond substituents is 1. The van der Waals surface area contributed by atoms with Crippen molar-refractivity contribution in [2.75, 3.05) is 0 Å². The van der Waals surface area contributed by atoms with Gasteiger partial charge in [-0.15, -0.1) is 0 Å². The number of hydrogen-bond acceptors (Lipinski definition) is 2. The molecule has 0 aromatic heterocycles. The number of phenols is 1. The summed E-state index contributed by atoms with van der Waals surface area (Å²) < 4.78 is 6.46. The fourth-order valence-corrected chi connectivity index (χ4v) is 3.63. The van der Waals surface area contributed by atoms with Gasteiger partial charge in [0.05, 0.1) is 0 Å². The number of benzene rings is 1. The Hall–Kier alpha value is -1.18. The molecule has 0 saturated carbocycles. The van der Waals surface area contributed by atoms with Crippen molar-refractivity contribution < 1.29 is 9.84 Å². The summed E-state index contributed by atoms with van der Waals surface area (Å²) in [6.45, 7) is 11.4. The third-order valence-electron chi connectivity index (χ3n) is 6.00. The van der Waals surface area contributed by atoms with Crippen LogP contribution in [0.25, 0.3) is 0 Å². The summed E-state index contributed by atoms with van der Waals surface area (Å²) in [6, 6.07) is 5.51. The number of hydrogen-bond donors (Lipinski definition) is 1. The molecule has 0 radical (unpaired) electrons. The predicted molar refractivity (Wildman–Crippen MR) is 92.7 cm³/mol. The van der Waals surface area contributed by atoms with E-state index in [9.17, 15) is 5.11 Å². The van der Waals surface area contributed by atoms with Crippen molar-refractivity contribution in [3.05, 3.63) is 23.8 Å². The third-order valence-corrected chi connectivity index (χ3v) is 6.00. The van der Waals surface area contributed by atoms with Crippen LogP contribution in [0.5, 0.6) is 11.5 Å². The van der Waals surface area contributed by atoms with Crippen molar-refractivity contribution in [1.29, 1.82) is 0 Å². The van der Waals surface area contributed by atoms with E-state index in [0.29, 0.717) is 11.7 Å². The fraction of sp³-hybridized carbons (Fsp3) is 0.700. The zero-order chi connectivity index (χ0) is 16.4. The quantitative estimate of drug-likeness (QED) is 0.650. The molecule has 1 aliphatic rings. The minimum Gasteiger partial charge on any atom is -0.508 e. The molecule has 0 fully saturated rings. The van der Waals surface area contributed by atoms with Crippen molar-refractivity contribution in [3.8, 4) is 11.5 Å². The summed E-state index contributed by atoms with van der Waals surface area (Å²) in [5, 5.41) is 9.77. The molecule has 1 aromatic carbocycles. The predicted octanol–water partition coefficient (Wildman–Crippen LogP) is 6.03. The van der Waals surface area contributed by atoms with E-state index in [1.807, 2.05) is 12.1 Å². The van der Waals surface area contributed by atoms with Gasteiger partial charge in [0.25, 0.3) is 0 Å². The second-order valence-electron chi connectivity index (χ2n) is 7.66. The van der Waals surface area contributed by atoms with E-state index in [2.05, 4.69) is 34.6 Å². The second-order valence-corrected chi connectivity index (χ2v) is 7.66. The summed E-state index contributed by atoms with van der Waals surface area (Å²) in [5.74, 6) is 1.64. The molecule has 1 aliphatic heterocycles.